The molecule has 0 saturated heterocycles. The molecule has 0 bridgehead atoms. The van der Waals surface area contributed by atoms with Crippen LogP contribution in [0.5, 0.6) is 0 Å². The lowest BCUT2D eigenvalue weighted by atomic mass is 9.85. The summed E-state index contributed by atoms with van der Waals surface area (Å²) >= 11 is 5.96. The Bertz CT molecular complexity index is 627. The second-order valence-corrected chi connectivity index (χ2v) is 8.91. The average molecular weight is 347 g/mol. The fraction of sp³-hybridized carbons (Fsp3) is 0.533. The number of nitrogens with one attached hydrogen (secondary N) is 1. The Hall–Kier alpha value is -1.11. The molecule has 0 spiro atoms. The maximum Gasteiger partial charge on any atom is 0.236 e. The number of amides is 1. The number of rotatable bonds is 7. The first-order valence-corrected chi connectivity index (χ1v) is 8.92. The van der Waals surface area contributed by atoms with Crippen LogP contribution in [-0.2, 0) is 21.2 Å². The Morgan fingerprint density at radius 1 is 1.32 bits per heavy atom. The minimum Gasteiger partial charge on any atom is -0.355 e. The van der Waals surface area contributed by atoms with E-state index in [9.17, 15) is 13.2 Å². The summed E-state index contributed by atoms with van der Waals surface area (Å²) in [6.07, 6.45) is 0.730. The van der Waals surface area contributed by atoms with Crippen LogP contribution in [0.15, 0.2) is 24.3 Å². The average Bonchev–Trinajstić information content (AvgIpc) is 2.35. The number of halogens is 1. The fourth-order valence-electron chi connectivity index (χ4n) is 1.95. The molecule has 0 radical (unpaired) electrons. The quantitative estimate of drug-likeness (QED) is 0.820. The molecular weight excluding hydrogens is 324 g/mol. The fourth-order valence-corrected chi connectivity index (χ4v) is 2.85. The van der Waals surface area contributed by atoms with Crippen molar-refractivity contribution in [1.29, 1.82) is 0 Å². The van der Waals surface area contributed by atoms with E-state index in [4.69, 9.17) is 11.6 Å². The van der Waals surface area contributed by atoms with Gasteiger partial charge in [0.1, 0.15) is 5.75 Å². The number of hydrogen-bond donors (Lipinski definition) is 1. The van der Waals surface area contributed by atoms with E-state index in [1.807, 2.05) is 38.1 Å². The smallest absolute Gasteiger partial charge is 0.236 e. The second-order valence-electron chi connectivity index (χ2n) is 6.29. The van der Waals surface area contributed by atoms with Gasteiger partial charge < -0.3 is 5.32 Å². The Morgan fingerprint density at radius 2 is 1.95 bits per heavy atom. The highest BCUT2D eigenvalue weighted by Crippen LogP contribution is 2.22. The zero-order valence-electron chi connectivity index (χ0n) is 13.4. The van der Waals surface area contributed by atoms with Gasteiger partial charge in [0.05, 0.1) is 0 Å². The Morgan fingerprint density at radius 3 is 2.50 bits per heavy atom. The second kappa shape index (κ2) is 7.44. The molecule has 0 aliphatic carbocycles. The molecule has 1 aromatic rings. The van der Waals surface area contributed by atoms with E-state index in [-0.39, 0.29) is 5.41 Å². The van der Waals surface area contributed by atoms with Gasteiger partial charge in [0.25, 0.3) is 0 Å². The lowest BCUT2D eigenvalue weighted by Crippen LogP contribution is -2.40. The normalized spacial score (nSPS) is 12.5. The zero-order chi connectivity index (χ0) is 17.0. The van der Waals surface area contributed by atoms with E-state index >= 15 is 0 Å². The summed E-state index contributed by atoms with van der Waals surface area (Å²) in [5.74, 6) is -1.03. The van der Waals surface area contributed by atoms with Crippen LogP contribution in [0.2, 0.25) is 5.02 Å². The summed E-state index contributed by atoms with van der Waals surface area (Å²) in [6, 6.07) is 7.56. The molecule has 7 heteroatoms. The first-order chi connectivity index (χ1) is 10.0. The number of sulfonamides is 1. The molecule has 1 rings (SSSR count). The van der Waals surface area contributed by atoms with E-state index in [0.29, 0.717) is 11.6 Å². The summed E-state index contributed by atoms with van der Waals surface area (Å²) in [6.45, 7) is 4.41. The van der Waals surface area contributed by atoms with Crippen molar-refractivity contribution in [1.82, 2.24) is 9.62 Å². The molecule has 1 N–H and O–H groups in total. The molecule has 0 aliphatic heterocycles. The molecule has 0 saturated carbocycles. The number of benzene rings is 1. The van der Waals surface area contributed by atoms with Crippen LogP contribution in [0.1, 0.15) is 19.4 Å². The molecule has 1 amide bonds. The lowest BCUT2D eigenvalue weighted by molar-refractivity contribution is -0.119. The highest BCUT2D eigenvalue weighted by molar-refractivity contribution is 7.89. The van der Waals surface area contributed by atoms with Crippen LogP contribution < -0.4 is 5.32 Å². The van der Waals surface area contributed by atoms with Crippen LogP contribution in [-0.4, -0.2) is 45.0 Å². The summed E-state index contributed by atoms with van der Waals surface area (Å²) < 4.78 is 24.3. The number of hydrogen-bond acceptors (Lipinski definition) is 3. The largest absolute Gasteiger partial charge is 0.355 e. The van der Waals surface area contributed by atoms with Gasteiger partial charge >= 0.3 is 0 Å². The van der Waals surface area contributed by atoms with Gasteiger partial charge in [0.2, 0.25) is 15.9 Å². The maximum atomic E-state index is 11.8. The molecule has 5 nitrogen and oxygen atoms in total. The number of carbonyl (C=O) groups excluding carboxylic acids is 1. The molecule has 0 aromatic heterocycles. The third-order valence-electron chi connectivity index (χ3n) is 3.21. The molecule has 1 aromatic carbocycles. The molecule has 0 heterocycles. The van der Waals surface area contributed by atoms with E-state index in [1.165, 1.54) is 14.1 Å². The highest BCUT2D eigenvalue weighted by Gasteiger charge is 2.23. The molecule has 0 fully saturated rings. The summed E-state index contributed by atoms with van der Waals surface area (Å²) in [5.41, 5.74) is 0.870. The zero-order valence-corrected chi connectivity index (χ0v) is 15.0. The van der Waals surface area contributed by atoms with Crippen molar-refractivity contribution in [2.45, 2.75) is 20.3 Å². The molecule has 0 atom stereocenters. The third kappa shape index (κ3) is 6.34. The van der Waals surface area contributed by atoms with E-state index in [1.54, 1.807) is 0 Å². The van der Waals surface area contributed by atoms with Crippen LogP contribution in [0.3, 0.4) is 0 Å². The summed E-state index contributed by atoms with van der Waals surface area (Å²) in [4.78, 5) is 11.8. The monoisotopic (exact) mass is 346 g/mol. The molecule has 0 aliphatic rings. The van der Waals surface area contributed by atoms with Crippen molar-refractivity contribution >= 4 is 27.5 Å². The van der Waals surface area contributed by atoms with E-state index in [2.05, 4.69) is 5.32 Å². The lowest BCUT2D eigenvalue weighted by Gasteiger charge is -2.25. The van der Waals surface area contributed by atoms with Crippen molar-refractivity contribution in [2.24, 2.45) is 5.41 Å². The Balaban J connectivity index is 2.57. The molecule has 124 valence electrons. The first kappa shape index (κ1) is 18.9. The Labute approximate surface area is 137 Å². The van der Waals surface area contributed by atoms with Crippen molar-refractivity contribution < 1.29 is 13.2 Å². The van der Waals surface area contributed by atoms with E-state index in [0.717, 1.165) is 16.3 Å². The summed E-state index contributed by atoms with van der Waals surface area (Å²) in [7, 11) is -0.709. The van der Waals surface area contributed by atoms with Crippen molar-refractivity contribution in [3.63, 3.8) is 0 Å². The van der Waals surface area contributed by atoms with Crippen molar-refractivity contribution in [3.8, 4) is 0 Å². The minimum atomic E-state index is -3.53. The predicted octanol–water partition coefficient (Wildman–Crippen LogP) is 1.92. The standard InChI is InChI=1S/C15H23ClN2O3S/c1-15(2,9-12-6-5-7-13(16)8-12)11-17-14(19)10-22(20,21)18(3)4/h5-8H,9-11H2,1-4H3,(H,17,19). The highest BCUT2D eigenvalue weighted by atomic mass is 35.5. The third-order valence-corrected chi connectivity index (χ3v) is 5.18. The van der Waals surface area contributed by atoms with Gasteiger partial charge in [-0.1, -0.05) is 37.6 Å². The van der Waals surface area contributed by atoms with Gasteiger partial charge in [-0.25, -0.2) is 12.7 Å². The van der Waals surface area contributed by atoms with Gasteiger partial charge in [0.15, 0.2) is 0 Å². The first-order valence-electron chi connectivity index (χ1n) is 6.93. The molecule has 0 unspecified atom stereocenters. The van der Waals surface area contributed by atoms with Crippen LogP contribution in [0, 0.1) is 5.41 Å². The maximum absolute atomic E-state index is 11.8. The van der Waals surface area contributed by atoms with Gasteiger partial charge in [-0.15, -0.1) is 0 Å². The van der Waals surface area contributed by atoms with Gasteiger partial charge in [0, 0.05) is 25.7 Å². The van der Waals surface area contributed by atoms with Gasteiger partial charge in [-0.05, 0) is 29.5 Å². The predicted molar refractivity (Wildman–Crippen MR) is 89.4 cm³/mol. The van der Waals surface area contributed by atoms with Gasteiger partial charge in [-0.3, -0.25) is 4.79 Å². The molecule has 22 heavy (non-hydrogen) atoms. The van der Waals surface area contributed by atoms with Crippen LogP contribution in [0.25, 0.3) is 0 Å². The SMILES string of the molecule is CN(C)S(=O)(=O)CC(=O)NCC(C)(C)Cc1cccc(Cl)c1. The number of carbonyl (C=O) groups is 1. The van der Waals surface area contributed by atoms with Crippen LogP contribution >= 0.6 is 11.6 Å². The topological polar surface area (TPSA) is 66.5 Å². The Kier molecular flexibility index (Phi) is 6.40. The minimum absolute atomic E-state index is 0.206. The van der Waals surface area contributed by atoms with Crippen LogP contribution in [0.4, 0.5) is 0 Å². The van der Waals surface area contributed by atoms with Crippen molar-refractivity contribution in [3.05, 3.63) is 34.9 Å². The molecular formula is C15H23ClN2O3S. The van der Waals surface area contributed by atoms with Crippen molar-refractivity contribution in [2.75, 3.05) is 26.4 Å². The summed E-state index contributed by atoms with van der Waals surface area (Å²) in [5, 5.41) is 3.37. The van der Waals surface area contributed by atoms with Gasteiger partial charge in [-0.2, -0.15) is 0 Å². The van der Waals surface area contributed by atoms with E-state index < -0.39 is 21.7 Å². The number of nitrogens with zero attached hydrogens (tertiary/aromatic N) is 1.